The largest absolute Gasteiger partial charge is 0.383 e. The van der Waals surface area contributed by atoms with Gasteiger partial charge in [-0.2, -0.15) is 0 Å². The van der Waals surface area contributed by atoms with Gasteiger partial charge in [0.15, 0.2) is 0 Å². The quantitative estimate of drug-likeness (QED) is 0.570. The van der Waals surface area contributed by atoms with E-state index >= 15 is 0 Å². The number of carbonyl (C=O) groups excluding carboxylic acids is 1. The van der Waals surface area contributed by atoms with Gasteiger partial charge in [-0.25, -0.2) is 23.1 Å². The second kappa shape index (κ2) is 8.54. The highest BCUT2D eigenvalue weighted by atomic mass is 32.2. The van der Waals surface area contributed by atoms with Gasteiger partial charge in [-0.05, 0) is 43.5 Å². The SMILES string of the molecule is COCCNS(=O)(=O)c1ccc(C(=O)N2CCN(c3ncnc4c3CCN4)CC23CC3)cc1. The Morgan fingerprint density at radius 2 is 2.00 bits per heavy atom. The fraction of sp³-hybridized carbons (Fsp3) is 0.500. The molecule has 0 radical (unpaired) electrons. The molecule has 3 heterocycles. The summed E-state index contributed by atoms with van der Waals surface area (Å²) < 4.78 is 32.1. The van der Waals surface area contributed by atoms with Gasteiger partial charge in [0, 0.05) is 51.0 Å². The molecule has 2 N–H and O–H groups in total. The number of sulfonamides is 1. The van der Waals surface area contributed by atoms with Crippen LogP contribution in [0, 0.1) is 0 Å². The number of ether oxygens (including phenoxy) is 1. The van der Waals surface area contributed by atoms with Gasteiger partial charge < -0.3 is 19.9 Å². The number of amides is 1. The van der Waals surface area contributed by atoms with E-state index in [0.717, 1.165) is 49.6 Å². The van der Waals surface area contributed by atoms with Crippen LogP contribution in [0.1, 0.15) is 28.8 Å². The van der Waals surface area contributed by atoms with Crippen molar-refractivity contribution < 1.29 is 17.9 Å². The van der Waals surface area contributed by atoms with Crippen molar-refractivity contribution in [3.8, 4) is 0 Å². The van der Waals surface area contributed by atoms with Gasteiger partial charge in [0.2, 0.25) is 10.0 Å². The van der Waals surface area contributed by atoms with Gasteiger partial charge in [-0.15, -0.1) is 0 Å². The van der Waals surface area contributed by atoms with Gasteiger partial charge >= 0.3 is 0 Å². The molecule has 33 heavy (non-hydrogen) atoms. The number of rotatable bonds is 7. The van der Waals surface area contributed by atoms with Crippen LogP contribution in [0.2, 0.25) is 0 Å². The van der Waals surface area contributed by atoms with E-state index in [0.29, 0.717) is 18.7 Å². The summed E-state index contributed by atoms with van der Waals surface area (Å²) >= 11 is 0. The number of benzene rings is 1. The maximum Gasteiger partial charge on any atom is 0.254 e. The molecule has 2 fully saturated rings. The van der Waals surface area contributed by atoms with Crippen molar-refractivity contribution in [1.82, 2.24) is 19.6 Å². The molecule has 0 bridgehead atoms. The molecule has 10 nitrogen and oxygen atoms in total. The molecular weight excluding hydrogens is 444 g/mol. The number of piperazine rings is 1. The molecule has 1 saturated heterocycles. The van der Waals surface area contributed by atoms with Crippen LogP contribution >= 0.6 is 0 Å². The van der Waals surface area contributed by atoms with Crippen molar-refractivity contribution in [2.45, 2.75) is 29.7 Å². The first kappa shape index (κ1) is 22.1. The highest BCUT2D eigenvalue weighted by Crippen LogP contribution is 2.46. The third-order valence-electron chi connectivity index (χ3n) is 6.62. The molecule has 2 aliphatic heterocycles. The normalized spacial score (nSPS) is 18.8. The number of anilines is 2. The van der Waals surface area contributed by atoms with E-state index in [2.05, 4.69) is 24.9 Å². The van der Waals surface area contributed by atoms with E-state index in [9.17, 15) is 13.2 Å². The Kier molecular flexibility index (Phi) is 5.71. The van der Waals surface area contributed by atoms with E-state index in [1.54, 1.807) is 18.5 Å². The van der Waals surface area contributed by atoms with Gasteiger partial charge in [-0.3, -0.25) is 4.79 Å². The minimum absolute atomic E-state index is 0.0574. The first-order chi connectivity index (χ1) is 15.9. The number of carbonyl (C=O) groups is 1. The predicted octanol–water partition coefficient (Wildman–Crippen LogP) is 0.864. The van der Waals surface area contributed by atoms with Crippen molar-refractivity contribution >= 4 is 27.6 Å². The Morgan fingerprint density at radius 1 is 1.21 bits per heavy atom. The predicted molar refractivity (Wildman–Crippen MR) is 123 cm³/mol. The lowest BCUT2D eigenvalue weighted by Crippen LogP contribution is -2.57. The van der Waals surface area contributed by atoms with Crippen LogP contribution in [0.15, 0.2) is 35.5 Å². The molecule has 11 heteroatoms. The fourth-order valence-electron chi connectivity index (χ4n) is 4.71. The fourth-order valence-corrected chi connectivity index (χ4v) is 5.72. The van der Waals surface area contributed by atoms with Gasteiger partial charge in [-0.1, -0.05) is 0 Å². The van der Waals surface area contributed by atoms with Crippen LogP contribution in [-0.4, -0.2) is 81.2 Å². The Labute approximate surface area is 193 Å². The van der Waals surface area contributed by atoms with Crippen LogP contribution in [0.25, 0.3) is 0 Å². The Balaban J connectivity index is 1.29. The summed E-state index contributed by atoms with van der Waals surface area (Å²) in [6.45, 7) is 3.41. The molecule has 0 unspecified atom stereocenters. The molecule has 1 aromatic heterocycles. The molecule has 3 aliphatic rings. The van der Waals surface area contributed by atoms with Crippen LogP contribution in [0.3, 0.4) is 0 Å². The lowest BCUT2D eigenvalue weighted by atomic mass is 10.1. The number of hydrogen-bond acceptors (Lipinski definition) is 8. The molecule has 1 aliphatic carbocycles. The second-order valence-corrected chi connectivity index (χ2v) is 10.5. The van der Waals surface area contributed by atoms with E-state index in [-0.39, 0.29) is 29.5 Å². The smallest absolute Gasteiger partial charge is 0.254 e. The third-order valence-corrected chi connectivity index (χ3v) is 8.10. The summed E-state index contributed by atoms with van der Waals surface area (Å²) in [5, 5.41) is 3.30. The molecule has 1 saturated carbocycles. The van der Waals surface area contributed by atoms with E-state index < -0.39 is 10.0 Å². The molecule has 1 amide bonds. The molecule has 1 aromatic carbocycles. The first-order valence-corrected chi connectivity index (χ1v) is 12.7. The minimum Gasteiger partial charge on any atom is -0.383 e. The maximum atomic E-state index is 13.3. The molecular formula is C22H28N6O4S. The Hall–Kier alpha value is -2.76. The lowest BCUT2D eigenvalue weighted by molar-refractivity contribution is 0.0624. The molecule has 1 spiro atoms. The van der Waals surface area contributed by atoms with Crippen molar-refractivity contribution in [1.29, 1.82) is 0 Å². The van der Waals surface area contributed by atoms with Crippen LogP contribution in [0.5, 0.6) is 0 Å². The zero-order valence-corrected chi connectivity index (χ0v) is 19.4. The molecule has 0 atom stereocenters. The van der Waals surface area contributed by atoms with Crippen molar-refractivity contribution in [2.75, 3.05) is 56.7 Å². The van der Waals surface area contributed by atoms with Crippen molar-refractivity contribution in [2.24, 2.45) is 0 Å². The number of nitrogens with zero attached hydrogens (tertiary/aromatic N) is 4. The number of fused-ring (bicyclic) bond motifs is 1. The summed E-state index contributed by atoms with van der Waals surface area (Å²) in [4.78, 5) is 26.6. The number of nitrogens with one attached hydrogen (secondary N) is 2. The number of methoxy groups -OCH3 is 1. The number of aromatic nitrogens is 2. The zero-order valence-electron chi connectivity index (χ0n) is 18.6. The Morgan fingerprint density at radius 3 is 2.73 bits per heavy atom. The van der Waals surface area contributed by atoms with Crippen molar-refractivity contribution in [3.63, 3.8) is 0 Å². The van der Waals surface area contributed by atoms with Gasteiger partial charge in [0.25, 0.3) is 5.91 Å². The van der Waals surface area contributed by atoms with Crippen LogP contribution in [-0.2, 0) is 21.2 Å². The Bertz CT molecular complexity index is 1150. The minimum atomic E-state index is -3.63. The zero-order chi connectivity index (χ0) is 23.1. The van der Waals surface area contributed by atoms with Crippen molar-refractivity contribution in [3.05, 3.63) is 41.7 Å². The van der Waals surface area contributed by atoms with Crippen LogP contribution < -0.4 is 14.9 Å². The van der Waals surface area contributed by atoms with Crippen LogP contribution in [0.4, 0.5) is 11.6 Å². The summed E-state index contributed by atoms with van der Waals surface area (Å²) in [6, 6.07) is 6.15. The summed E-state index contributed by atoms with van der Waals surface area (Å²) in [7, 11) is -2.12. The topological polar surface area (TPSA) is 117 Å². The highest BCUT2D eigenvalue weighted by molar-refractivity contribution is 7.89. The highest BCUT2D eigenvalue weighted by Gasteiger charge is 2.53. The average Bonchev–Trinajstić information content (AvgIpc) is 3.40. The maximum absolute atomic E-state index is 13.3. The first-order valence-electron chi connectivity index (χ1n) is 11.2. The summed E-state index contributed by atoms with van der Waals surface area (Å²) in [6.07, 6.45) is 4.42. The standard InChI is InChI=1S/C22H28N6O4S/c1-32-13-10-26-33(30,31)17-4-2-16(3-5-17)21(29)28-12-11-27(14-22(28)7-8-22)20-18-6-9-23-19(18)24-15-25-20/h2-5,15,26H,6-14H2,1H3,(H,23,24,25). The summed E-state index contributed by atoms with van der Waals surface area (Å²) in [5.41, 5.74) is 1.47. The molecule has 2 aromatic rings. The molecule has 176 valence electrons. The van der Waals surface area contributed by atoms with Gasteiger partial charge in [0.05, 0.1) is 17.0 Å². The van der Waals surface area contributed by atoms with Gasteiger partial charge in [0.1, 0.15) is 18.0 Å². The second-order valence-electron chi connectivity index (χ2n) is 8.72. The average molecular weight is 473 g/mol. The monoisotopic (exact) mass is 472 g/mol. The van der Waals surface area contributed by atoms with E-state index in [1.807, 2.05) is 4.90 Å². The molecule has 5 rings (SSSR count). The third kappa shape index (κ3) is 4.16. The van der Waals surface area contributed by atoms with E-state index in [1.165, 1.54) is 19.2 Å². The summed E-state index contributed by atoms with van der Waals surface area (Å²) in [5.74, 6) is 1.83. The number of hydrogen-bond donors (Lipinski definition) is 2. The van der Waals surface area contributed by atoms with E-state index in [4.69, 9.17) is 4.74 Å². The lowest BCUT2D eigenvalue weighted by Gasteiger charge is -2.43.